The molecule has 94 valence electrons. The number of carbonyl (C=O) groups is 1. The number of nitrogens with one attached hydrogen (secondary N) is 1. The summed E-state index contributed by atoms with van der Waals surface area (Å²) in [5.41, 5.74) is 4.94. The SMILES string of the molecule is CC(C)(C)c1nc(Br)cc(NCCC(N)=O)n1. The quantitative estimate of drug-likeness (QED) is 0.831. The van der Waals surface area contributed by atoms with Crippen molar-refractivity contribution in [3.63, 3.8) is 0 Å². The number of rotatable bonds is 4. The molecule has 0 aliphatic rings. The summed E-state index contributed by atoms with van der Waals surface area (Å²) in [5.74, 6) is 1.10. The van der Waals surface area contributed by atoms with Crippen LogP contribution < -0.4 is 11.1 Å². The minimum atomic E-state index is -0.332. The van der Waals surface area contributed by atoms with Crippen LogP contribution in [0.4, 0.5) is 5.82 Å². The van der Waals surface area contributed by atoms with Crippen LogP contribution in [-0.4, -0.2) is 22.4 Å². The van der Waals surface area contributed by atoms with Crippen LogP contribution >= 0.6 is 15.9 Å². The zero-order valence-electron chi connectivity index (χ0n) is 10.2. The van der Waals surface area contributed by atoms with E-state index in [1.165, 1.54) is 0 Å². The lowest BCUT2D eigenvalue weighted by atomic mass is 9.96. The Kier molecular flexibility index (Phi) is 4.45. The van der Waals surface area contributed by atoms with Crippen LogP contribution in [0.5, 0.6) is 0 Å². The first-order valence-corrected chi connectivity index (χ1v) is 6.15. The van der Waals surface area contributed by atoms with Crippen molar-refractivity contribution in [3.8, 4) is 0 Å². The van der Waals surface area contributed by atoms with E-state index in [1.54, 1.807) is 6.07 Å². The Morgan fingerprint density at radius 3 is 2.65 bits per heavy atom. The van der Waals surface area contributed by atoms with Crippen molar-refractivity contribution in [2.75, 3.05) is 11.9 Å². The molecule has 1 rings (SSSR count). The van der Waals surface area contributed by atoms with Gasteiger partial charge in [-0.05, 0) is 15.9 Å². The number of anilines is 1. The smallest absolute Gasteiger partial charge is 0.219 e. The summed E-state index contributed by atoms with van der Waals surface area (Å²) in [6.07, 6.45) is 0.284. The van der Waals surface area contributed by atoms with Crippen molar-refractivity contribution in [3.05, 3.63) is 16.5 Å². The zero-order valence-corrected chi connectivity index (χ0v) is 11.8. The van der Waals surface area contributed by atoms with Gasteiger partial charge in [0.15, 0.2) is 0 Å². The molecule has 1 aromatic rings. The number of amides is 1. The normalized spacial score (nSPS) is 11.3. The van der Waals surface area contributed by atoms with E-state index in [-0.39, 0.29) is 17.7 Å². The number of nitrogens with zero attached hydrogens (tertiary/aromatic N) is 2. The van der Waals surface area contributed by atoms with Crippen molar-refractivity contribution in [1.82, 2.24) is 9.97 Å². The second-order valence-corrected chi connectivity index (χ2v) is 5.61. The Morgan fingerprint density at radius 2 is 2.12 bits per heavy atom. The second-order valence-electron chi connectivity index (χ2n) is 4.79. The Hall–Kier alpha value is -1.17. The number of carbonyl (C=O) groups excluding carboxylic acids is 1. The monoisotopic (exact) mass is 300 g/mol. The minimum absolute atomic E-state index is 0.121. The van der Waals surface area contributed by atoms with Crippen molar-refractivity contribution in [2.45, 2.75) is 32.6 Å². The molecule has 0 aliphatic carbocycles. The highest BCUT2D eigenvalue weighted by Crippen LogP contribution is 2.22. The first-order chi connectivity index (χ1) is 7.79. The van der Waals surface area contributed by atoms with Gasteiger partial charge >= 0.3 is 0 Å². The lowest BCUT2D eigenvalue weighted by molar-refractivity contribution is -0.117. The third-order valence-electron chi connectivity index (χ3n) is 2.04. The van der Waals surface area contributed by atoms with Crippen LogP contribution in [0.2, 0.25) is 0 Å². The molecule has 0 unspecified atom stereocenters. The number of primary amides is 1. The van der Waals surface area contributed by atoms with Gasteiger partial charge in [0.1, 0.15) is 16.2 Å². The van der Waals surface area contributed by atoms with E-state index in [4.69, 9.17) is 5.73 Å². The van der Waals surface area contributed by atoms with E-state index in [2.05, 4.69) is 31.2 Å². The van der Waals surface area contributed by atoms with Crippen LogP contribution in [0.1, 0.15) is 33.0 Å². The molecule has 1 heterocycles. The fraction of sp³-hybridized carbons (Fsp3) is 0.545. The molecular formula is C11H17BrN4O. The first kappa shape index (κ1) is 13.9. The molecule has 0 fully saturated rings. The molecule has 1 aromatic heterocycles. The van der Waals surface area contributed by atoms with E-state index < -0.39 is 0 Å². The maximum absolute atomic E-state index is 10.6. The molecule has 17 heavy (non-hydrogen) atoms. The number of hydrogen-bond acceptors (Lipinski definition) is 4. The van der Waals surface area contributed by atoms with E-state index >= 15 is 0 Å². The van der Waals surface area contributed by atoms with Crippen LogP contribution in [0, 0.1) is 0 Å². The van der Waals surface area contributed by atoms with Gasteiger partial charge in [-0.1, -0.05) is 20.8 Å². The van der Waals surface area contributed by atoms with Crippen molar-refractivity contribution < 1.29 is 4.79 Å². The highest BCUT2D eigenvalue weighted by Gasteiger charge is 2.18. The summed E-state index contributed by atoms with van der Waals surface area (Å²) in [4.78, 5) is 19.3. The lowest BCUT2D eigenvalue weighted by Gasteiger charge is -2.17. The molecule has 0 atom stereocenters. The molecular weight excluding hydrogens is 284 g/mol. The van der Waals surface area contributed by atoms with Crippen molar-refractivity contribution in [2.24, 2.45) is 5.73 Å². The average Bonchev–Trinajstić information content (AvgIpc) is 2.14. The summed E-state index contributed by atoms with van der Waals surface area (Å²) in [7, 11) is 0. The number of aromatic nitrogens is 2. The highest BCUT2D eigenvalue weighted by molar-refractivity contribution is 9.10. The Labute approximate surface area is 109 Å². The second kappa shape index (κ2) is 5.44. The molecule has 5 nitrogen and oxygen atoms in total. The van der Waals surface area contributed by atoms with Crippen LogP contribution in [0.3, 0.4) is 0 Å². The molecule has 0 spiro atoms. The topological polar surface area (TPSA) is 80.9 Å². The van der Waals surface area contributed by atoms with Gasteiger partial charge in [0, 0.05) is 24.4 Å². The summed E-state index contributed by atoms with van der Waals surface area (Å²) in [5, 5.41) is 3.05. The third kappa shape index (κ3) is 4.68. The van der Waals surface area contributed by atoms with Gasteiger partial charge in [-0.2, -0.15) is 0 Å². The number of hydrogen-bond donors (Lipinski definition) is 2. The Balaban J connectivity index is 2.79. The van der Waals surface area contributed by atoms with Crippen molar-refractivity contribution >= 4 is 27.7 Å². The zero-order chi connectivity index (χ0) is 13.1. The van der Waals surface area contributed by atoms with Gasteiger partial charge in [0.05, 0.1) is 0 Å². The van der Waals surface area contributed by atoms with Crippen molar-refractivity contribution in [1.29, 1.82) is 0 Å². The van der Waals surface area contributed by atoms with Gasteiger partial charge < -0.3 is 11.1 Å². The number of nitrogens with two attached hydrogens (primary N) is 1. The summed E-state index contributed by atoms with van der Waals surface area (Å²) in [6, 6.07) is 1.77. The fourth-order valence-electron chi connectivity index (χ4n) is 1.16. The van der Waals surface area contributed by atoms with E-state index in [1.807, 2.05) is 20.8 Å². The van der Waals surface area contributed by atoms with Gasteiger partial charge in [0.25, 0.3) is 0 Å². The van der Waals surface area contributed by atoms with Crippen LogP contribution in [-0.2, 0) is 10.2 Å². The van der Waals surface area contributed by atoms with Crippen LogP contribution in [0.25, 0.3) is 0 Å². The maximum atomic E-state index is 10.6. The van der Waals surface area contributed by atoms with E-state index in [0.717, 1.165) is 10.4 Å². The molecule has 0 bridgehead atoms. The summed E-state index contributed by atoms with van der Waals surface area (Å²) >= 11 is 3.34. The molecule has 0 radical (unpaired) electrons. The molecule has 3 N–H and O–H groups in total. The summed E-state index contributed by atoms with van der Waals surface area (Å²) < 4.78 is 0.721. The fourth-order valence-corrected chi connectivity index (χ4v) is 1.54. The highest BCUT2D eigenvalue weighted by atomic mass is 79.9. The third-order valence-corrected chi connectivity index (χ3v) is 2.45. The molecule has 0 aliphatic heterocycles. The van der Waals surface area contributed by atoms with E-state index in [0.29, 0.717) is 12.4 Å². The molecule has 6 heteroatoms. The average molecular weight is 301 g/mol. The number of halogens is 1. The first-order valence-electron chi connectivity index (χ1n) is 5.36. The molecule has 0 saturated heterocycles. The Bertz CT molecular complexity index is 414. The predicted octanol–water partition coefficient (Wildman–Crippen LogP) is 1.82. The standard InChI is InChI=1S/C11H17BrN4O/c1-11(2,3)10-15-7(12)6-9(16-10)14-5-4-8(13)17/h6H,4-5H2,1-3H3,(H2,13,17)(H,14,15,16). The molecule has 0 aromatic carbocycles. The largest absolute Gasteiger partial charge is 0.370 e. The summed E-state index contributed by atoms with van der Waals surface area (Å²) in [6.45, 7) is 6.61. The Morgan fingerprint density at radius 1 is 1.47 bits per heavy atom. The molecule has 0 saturated carbocycles. The predicted molar refractivity (Wildman–Crippen MR) is 70.7 cm³/mol. The van der Waals surface area contributed by atoms with Gasteiger partial charge in [0.2, 0.25) is 5.91 Å². The van der Waals surface area contributed by atoms with Gasteiger partial charge in [-0.3, -0.25) is 4.79 Å². The minimum Gasteiger partial charge on any atom is -0.370 e. The van der Waals surface area contributed by atoms with Gasteiger partial charge in [-0.15, -0.1) is 0 Å². The van der Waals surface area contributed by atoms with Crippen LogP contribution in [0.15, 0.2) is 10.7 Å². The lowest BCUT2D eigenvalue weighted by Crippen LogP contribution is -2.19. The molecule has 1 amide bonds. The maximum Gasteiger partial charge on any atom is 0.219 e. The van der Waals surface area contributed by atoms with Gasteiger partial charge in [-0.25, -0.2) is 9.97 Å². The van der Waals surface area contributed by atoms with E-state index in [9.17, 15) is 4.79 Å².